The van der Waals surface area contributed by atoms with Gasteiger partial charge in [0, 0.05) is 12.6 Å². The Morgan fingerprint density at radius 3 is 2.60 bits per heavy atom. The second kappa shape index (κ2) is 6.11. The van der Waals surface area contributed by atoms with Crippen LogP contribution in [0.15, 0.2) is 39.6 Å². The van der Waals surface area contributed by atoms with E-state index in [1.807, 2.05) is 0 Å². The molecule has 0 aliphatic rings. The second-order valence-corrected chi connectivity index (χ2v) is 4.96. The highest BCUT2D eigenvalue weighted by Crippen LogP contribution is 2.25. The number of benzene rings is 1. The average Bonchev–Trinajstić information content (AvgIpc) is 2.86. The molecule has 5 nitrogen and oxygen atoms in total. The van der Waals surface area contributed by atoms with E-state index < -0.39 is 0 Å². The van der Waals surface area contributed by atoms with Crippen molar-refractivity contribution < 1.29 is 14.0 Å². The number of carbonyl (C=O) groups excluding carboxylic acids is 2. The summed E-state index contributed by atoms with van der Waals surface area (Å²) in [6, 6.07) is 6.15. The van der Waals surface area contributed by atoms with E-state index in [-0.39, 0.29) is 11.8 Å². The molecule has 1 aromatic heterocycles. The van der Waals surface area contributed by atoms with Crippen LogP contribution in [0.1, 0.15) is 20.7 Å². The van der Waals surface area contributed by atoms with E-state index >= 15 is 0 Å². The lowest BCUT2D eigenvalue weighted by Gasteiger charge is -2.08. The van der Waals surface area contributed by atoms with Gasteiger partial charge in [-0.25, -0.2) is 0 Å². The molecule has 0 saturated carbocycles. The second-order valence-electron chi connectivity index (χ2n) is 3.84. The molecule has 2 aromatic rings. The summed E-state index contributed by atoms with van der Waals surface area (Å²) in [5, 5.41) is 5.47. The molecule has 20 heavy (non-hydrogen) atoms. The quantitative estimate of drug-likeness (QED) is 0.885. The van der Waals surface area contributed by atoms with Gasteiger partial charge in [0.15, 0.2) is 4.67 Å². The number of carbonyl (C=O) groups is 2. The molecule has 7 heteroatoms. The Balaban J connectivity index is 2.27. The Hall–Kier alpha value is -1.79. The fraction of sp³-hybridized carbons (Fsp3) is 0.0769. The van der Waals surface area contributed by atoms with Crippen LogP contribution in [-0.2, 0) is 0 Å². The molecule has 0 atom stereocenters. The zero-order valence-corrected chi connectivity index (χ0v) is 12.7. The summed E-state index contributed by atoms with van der Waals surface area (Å²) in [5.74, 6) is -0.650. The Morgan fingerprint density at radius 2 is 2.00 bits per heavy atom. The molecular formula is C13H10BrClN2O3. The van der Waals surface area contributed by atoms with E-state index in [2.05, 4.69) is 26.6 Å². The van der Waals surface area contributed by atoms with Gasteiger partial charge in [0.2, 0.25) is 0 Å². The number of hydrogen-bond acceptors (Lipinski definition) is 3. The van der Waals surface area contributed by atoms with Gasteiger partial charge in [-0.15, -0.1) is 0 Å². The maximum atomic E-state index is 12.0. The van der Waals surface area contributed by atoms with Crippen LogP contribution in [0, 0.1) is 0 Å². The minimum Gasteiger partial charge on any atom is -0.457 e. The van der Waals surface area contributed by atoms with Crippen molar-refractivity contribution in [3.63, 3.8) is 0 Å². The fourth-order valence-corrected chi connectivity index (χ4v) is 2.14. The summed E-state index contributed by atoms with van der Waals surface area (Å²) in [6.45, 7) is 0. The predicted molar refractivity (Wildman–Crippen MR) is 79.2 cm³/mol. The molecule has 0 saturated heterocycles. The largest absolute Gasteiger partial charge is 0.457 e. The van der Waals surface area contributed by atoms with Gasteiger partial charge < -0.3 is 15.1 Å². The normalized spacial score (nSPS) is 10.2. The minimum atomic E-state index is -0.387. The van der Waals surface area contributed by atoms with Gasteiger partial charge in [0.1, 0.15) is 0 Å². The smallest absolute Gasteiger partial charge is 0.260 e. The van der Waals surface area contributed by atoms with Crippen LogP contribution in [0.2, 0.25) is 5.02 Å². The van der Waals surface area contributed by atoms with Crippen molar-refractivity contribution in [1.82, 2.24) is 5.32 Å². The zero-order chi connectivity index (χ0) is 14.7. The number of hydrogen-bond donors (Lipinski definition) is 2. The van der Waals surface area contributed by atoms with Crippen molar-refractivity contribution in [3.05, 3.63) is 51.3 Å². The molecule has 0 spiro atoms. The van der Waals surface area contributed by atoms with Crippen LogP contribution in [0.3, 0.4) is 0 Å². The van der Waals surface area contributed by atoms with Gasteiger partial charge in [-0.1, -0.05) is 11.6 Å². The molecule has 1 heterocycles. The lowest BCUT2D eigenvalue weighted by Crippen LogP contribution is -2.18. The zero-order valence-electron chi connectivity index (χ0n) is 10.4. The Morgan fingerprint density at radius 1 is 1.25 bits per heavy atom. The predicted octanol–water partition coefficient (Wildman–Crippen LogP) is 3.31. The molecule has 2 amide bonds. The molecule has 0 unspecified atom stereocenters. The highest BCUT2D eigenvalue weighted by Gasteiger charge is 2.15. The standard InChI is InChI=1S/C13H10BrClN2O3/c1-16-12(18)7-2-3-9(15)10(6-7)17-13(19)8-4-5-20-11(8)14/h2-6H,1H3,(H,16,18)(H,17,19). The molecule has 0 radical (unpaired) electrons. The van der Waals surface area contributed by atoms with Crippen LogP contribution >= 0.6 is 27.5 Å². The minimum absolute atomic E-state index is 0.262. The van der Waals surface area contributed by atoms with E-state index in [1.54, 1.807) is 12.1 Å². The number of nitrogens with one attached hydrogen (secondary N) is 2. The third-order valence-electron chi connectivity index (χ3n) is 2.57. The van der Waals surface area contributed by atoms with Gasteiger partial charge in [-0.2, -0.15) is 0 Å². The molecule has 0 fully saturated rings. The Labute approximate surface area is 128 Å². The highest BCUT2D eigenvalue weighted by atomic mass is 79.9. The van der Waals surface area contributed by atoms with E-state index in [0.29, 0.717) is 26.5 Å². The van der Waals surface area contributed by atoms with Gasteiger partial charge in [0.25, 0.3) is 11.8 Å². The molecule has 2 rings (SSSR count). The Bertz CT molecular complexity index is 669. The fourth-order valence-electron chi connectivity index (χ4n) is 1.55. The van der Waals surface area contributed by atoms with Crippen molar-refractivity contribution in [3.8, 4) is 0 Å². The first kappa shape index (κ1) is 14.6. The van der Waals surface area contributed by atoms with Crippen LogP contribution in [0.5, 0.6) is 0 Å². The van der Waals surface area contributed by atoms with Gasteiger partial charge >= 0.3 is 0 Å². The van der Waals surface area contributed by atoms with Gasteiger partial charge in [0.05, 0.1) is 22.5 Å². The topological polar surface area (TPSA) is 71.3 Å². The highest BCUT2D eigenvalue weighted by molar-refractivity contribution is 9.10. The summed E-state index contributed by atoms with van der Waals surface area (Å²) in [6.07, 6.45) is 1.39. The number of halogens is 2. The first-order chi connectivity index (χ1) is 9.52. The first-order valence-corrected chi connectivity index (χ1v) is 6.76. The van der Waals surface area contributed by atoms with Crippen molar-refractivity contribution in [2.45, 2.75) is 0 Å². The van der Waals surface area contributed by atoms with Crippen LogP contribution < -0.4 is 10.6 Å². The maximum absolute atomic E-state index is 12.0. The number of furan rings is 1. The summed E-state index contributed by atoms with van der Waals surface area (Å²) in [5.41, 5.74) is 1.09. The summed E-state index contributed by atoms with van der Waals surface area (Å²) in [7, 11) is 1.53. The summed E-state index contributed by atoms with van der Waals surface area (Å²) < 4.78 is 5.32. The van der Waals surface area contributed by atoms with Crippen LogP contribution in [0.4, 0.5) is 5.69 Å². The molecule has 2 N–H and O–H groups in total. The summed E-state index contributed by atoms with van der Waals surface area (Å²) in [4.78, 5) is 23.6. The molecule has 1 aromatic carbocycles. The van der Waals surface area contributed by atoms with Crippen LogP contribution in [0.25, 0.3) is 0 Å². The number of rotatable bonds is 3. The van der Waals surface area contributed by atoms with Crippen molar-refractivity contribution in [2.75, 3.05) is 12.4 Å². The van der Waals surface area contributed by atoms with Gasteiger partial charge in [-0.3, -0.25) is 9.59 Å². The average molecular weight is 358 g/mol. The van der Waals surface area contributed by atoms with E-state index in [4.69, 9.17) is 16.0 Å². The monoisotopic (exact) mass is 356 g/mol. The van der Waals surface area contributed by atoms with E-state index in [0.717, 1.165) is 0 Å². The molecule has 0 aliphatic carbocycles. The maximum Gasteiger partial charge on any atom is 0.260 e. The lowest BCUT2D eigenvalue weighted by atomic mass is 10.2. The molecular weight excluding hydrogens is 348 g/mol. The van der Waals surface area contributed by atoms with Crippen molar-refractivity contribution in [1.29, 1.82) is 0 Å². The third kappa shape index (κ3) is 3.02. The van der Waals surface area contributed by atoms with E-state index in [9.17, 15) is 9.59 Å². The molecule has 0 bridgehead atoms. The number of amides is 2. The SMILES string of the molecule is CNC(=O)c1ccc(Cl)c(NC(=O)c2ccoc2Br)c1. The summed E-state index contributed by atoms with van der Waals surface area (Å²) >= 11 is 9.13. The molecule has 0 aliphatic heterocycles. The van der Waals surface area contributed by atoms with E-state index in [1.165, 1.54) is 25.4 Å². The van der Waals surface area contributed by atoms with Crippen molar-refractivity contribution >= 4 is 45.0 Å². The molecule has 104 valence electrons. The number of anilines is 1. The van der Waals surface area contributed by atoms with Crippen molar-refractivity contribution in [2.24, 2.45) is 0 Å². The van der Waals surface area contributed by atoms with Crippen LogP contribution in [-0.4, -0.2) is 18.9 Å². The first-order valence-electron chi connectivity index (χ1n) is 5.59. The lowest BCUT2D eigenvalue weighted by molar-refractivity contribution is 0.0961. The Kier molecular flexibility index (Phi) is 4.46. The van der Waals surface area contributed by atoms with Gasteiger partial charge in [-0.05, 0) is 40.2 Å². The third-order valence-corrected chi connectivity index (χ3v) is 3.51.